The molecule has 9 nitrogen and oxygen atoms in total. The van der Waals surface area contributed by atoms with Crippen molar-refractivity contribution in [1.82, 2.24) is 19.8 Å². The van der Waals surface area contributed by atoms with Gasteiger partial charge in [-0.2, -0.15) is 23.0 Å². The van der Waals surface area contributed by atoms with E-state index in [-0.39, 0.29) is 25.7 Å². The van der Waals surface area contributed by atoms with Gasteiger partial charge in [-0.05, 0) is 30.7 Å². The number of nitrogens with zero attached hydrogens (tertiary/aromatic N) is 2. The zero-order valence-corrected chi connectivity index (χ0v) is 20.8. The summed E-state index contributed by atoms with van der Waals surface area (Å²) in [5, 5.41) is 7.01. The Morgan fingerprint density at radius 1 is 1.16 bits per heavy atom. The van der Waals surface area contributed by atoms with Crippen LogP contribution in [0, 0.1) is 6.92 Å². The van der Waals surface area contributed by atoms with Gasteiger partial charge in [0.25, 0.3) is 0 Å². The molecule has 0 bridgehead atoms. The first kappa shape index (κ1) is 26.6. The van der Waals surface area contributed by atoms with Crippen LogP contribution in [0.25, 0.3) is 11.3 Å². The van der Waals surface area contributed by atoms with Gasteiger partial charge in [-0.1, -0.05) is 35.9 Å². The van der Waals surface area contributed by atoms with Gasteiger partial charge in [0.1, 0.15) is 17.8 Å². The van der Waals surface area contributed by atoms with Crippen LogP contribution in [-0.2, 0) is 31.6 Å². The number of carbonyl (C=O) groups excluding carboxylic acids is 1. The number of nitrogens with one attached hydrogen (secondary N) is 2. The van der Waals surface area contributed by atoms with E-state index in [0.29, 0.717) is 28.5 Å². The zero-order valence-electron chi connectivity index (χ0n) is 20.0. The lowest BCUT2D eigenvalue weighted by atomic mass is 9.88. The number of aryl methyl sites for hydroxylation is 1. The molecule has 1 aliphatic rings. The molecule has 2 aromatic carbocycles. The largest absolute Gasteiger partial charge is 0.439 e. The number of rotatable bonds is 9. The van der Waals surface area contributed by atoms with Crippen LogP contribution in [0.4, 0.5) is 13.2 Å². The molecule has 0 unspecified atom stereocenters. The lowest BCUT2D eigenvalue weighted by Crippen LogP contribution is -2.60. The molecule has 1 aromatic heterocycles. The summed E-state index contributed by atoms with van der Waals surface area (Å²) in [4.78, 5) is 12.1. The second-order valence-electron chi connectivity index (χ2n) is 8.75. The van der Waals surface area contributed by atoms with Gasteiger partial charge in [-0.25, -0.2) is 13.1 Å². The van der Waals surface area contributed by atoms with Crippen molar-refractivity contribution >= 4 is 15.9 Å². The number of sulfonamides is 1. The Balaban J connectivity index is 1.66. The Morgan fingerprint density at radius 3 is 2.46 bits per heavy atom. The van der Waals surface area contributed by atoms with Crippen LogP contribution in [0.5, 0.6) is 11.6 Å². The van der Waals surface area contributed by atoms with E-state index >= 15 is 0 Å². The molecule has 0 spiro atoms. The van der Waals surface area contributed by atoms with Gasteiger partial charge in [0.05, 0.1) is 18.9 Å². The summed E-state index contributed by atoms with van der Waals surface area (Å²) in [7, 11) is -3.18. The third-order valence-electron chi connectivity index (χ3n) is 5.67. The summed E-state index contributed by atoms with van der Waals surface area (Å²) >= 11 is 0. The predicted molar refractivity (Wildman–Crippen MR) is 128 cm³/mol. The van der Waals surface area contributed by atoms with Crippen LogP contribution in [0.1, 0.15) is 11.1 Å². The molecule has 0 saturated carbocycles. The number of hydrogen-bond acceptors (Lipinski definition) is 6. The molecule has 1 saturated heterocycles. The molecule has 13 heteroatoms. The number of aromatic nitrogens is 2. The lowest BCUT2D eigenvalue weighted by molar-refractivity contribution is -0.121. The summed E-state index contributed by atoms with van der Waals surface area (Å²) in [6, 6.07) is 15.5. The minimum atomic E-state index is -4.88. The van der Waals surface area contributed by atoms with Crippen LogP contribution in [-0.4, -0.2) is 56.3 Å². The standard InChI is InChI=1S/C24H25F3N4O5S/c1-16-6-8-19(9-7-16)36-22-11-20(29-31(22)12-21(32)28-2)17-4-3-5-18(10-17)23(13-35-14-23)30-37(33,34)15-24(25,26)27/h3-11,30H,12-15H2,1-2H3,(H,28,32). The third kappa shape index (κ3) is 6.48. The number of amides is 1. The van der Waals surface area contributed by atoms with Crippen LogP contribution >= 0.6 is 0 Å². The second-order valence-corrected chi connectivity index (χ2v) is 10.5. The fourth-order valence-electron chi connectivity index (χ4n) is 3.79. The summed E-state index contributed by atoms with van der Waals surface area (Å²) in [5.74, 6) is -1.47. The Morgan fingerprint density at radius 2 is 1.86 bits per heavy atom. The van der Waals surface area contributed by atoms with E-state index < -0.39 is 27.5 Å². The van der Waals surface area contributed by atoms with Gasteiger partial charge in [-0.3, -0.25) is 4.79 Å². The second kappa shape index (κ2) is 10.1. The predicted octanol–water partition coefficient (Wildman–Crippen LogP) is 3.10. The maximum atomic E-state index is 12.8. The Labute approximate surface area is 211 Å². The molecule has 198 valence electrons. The van der Waals surface area contributed by atoms with Gasteiger partial charge in [0.2, 0.25) is 21.8 Å². The van der Waals surface area contributed by atoms with E-state index in [0.717, 1.165) is 5.56 Å². The normalized spacial score (nSPS) is 15.2. The minimum absolute atomic E-state index is 0.119. The van der Waals surface area contributed by atoms with Crippen molar-refractivity contribution in [1.29, 1.82) is 0 Å². The van der Waals surface area contributed by atoms with Crippen molar-refractivity contribution < 1.29 is 35.9 Å². The maximum Gasteiger partial charge on any atom is 0.404 e. The van der Waals surface area contributed by atoms with E-state index in [4.69, 9.17) is 9.47 Å². The van der Waals surface area contributed by atoms with Crippen molar-refractivity contribution in [2.75, 3.05) is 26.0 Å². The van der Waals surface area contributed by atoms with Crippen LogP contribution in [0.3, 0.4) is 0 Å². The number of likely N-dealkylation sites (N-methyl/N-ethyl adjacent to an activating group) is 1. The van der Waals surface area contributed by atoms with Crippen LogP contribution < -0.4 is 14.8 Å². The Bertz CT molecular complexity index is 1380. The number of hydrogen-bond donors (Lipinski definition) is 2. The molecule has 1 amide bonds. The average Bonchev–Trinajstić information content (AvgIpc) is 3.18. The summed E-state index contributed by atoms with van der Waals surface area (Å²) in [5.41, 5.74) is 1.09. The molecule has 3 aromatic rings. The van der Waals surface area contributed by atoms with Crippen molar-refractivity contribution in [3.05, 3.63) is 65.7 Å². The molecule has 4 rings (SSSR count). The smallest absolute Gasteiger partial charge is 0.404 e. The van der Waals surface area contributed by atoms with Crippen LogP contribution in [0.2, 0.25) is 0 Å². The lowest BCUT2D eigenvalue weighted by Gasteiger charge is -2.42. The fourth-order valence-corrected chi connectivity index (χ4v) is 5.13. The average molecular weight is 539 g/mol. The van der Waals surface area contributed by atoms with E-state index in [1.807, 2.05) is 19.1 Å². The van der Waals surface area contributed by atoms with E-state index in [2.05, 4.69) is 15.1 Å². The summed E-state index contributed by atoms with van der Waals surface area (Å²) in [6.45, 7) is 1.57. The van der Waals surface area contributed by atoms with Crippen molar-refractivity contribution in [3.63, 3.8) is 0 Å². The van der Waals surface area contributed by atoms with Gasteiger partial charge < -0.3 is 14.8 Å². The highest BCUT2D eigenvalue weighted by Gasteiger charge is 2.46. The van der Waals surface area contributed by atoms with Gasteiger partial charge in [0, 0.05) is 18.7 Å². The molecule has 0 atom stereocenters. The summed E-state index contributed by atoms with van der Waals surface area (Å²) in [6.07, 6.45) is -4.88. The molecular weight excluding hydrogens is 513 g/mol. The molecule has 2 N–H and O–H groups in total. The molecular formula is C24H25F3N4O5S. The minimum Gasteiger partial charge on any atom is -0.439 e. The third-order valence-corrected chi connectivity index (χ3v) is 7.08. The molecule has 1 aliphatic heterocycles. The molecule has 0 aliphatic carbocycles. The Kier molecular flexibility index (Phi) is 7.31. The van der Waals surface area contributed by atoms with Crippen molar-refractivity contribution in [2.24, 2.45) is 0 Å². The van der Waals surface area contributed by atoms with E-state index in [9.17, 15) is 26.4 Å². The van der Waals surface area contributed by atoms with E-state index in [1.165, 1.54) is 11.7 Å². The summed E-state index contributed by atoms with van der Waals surface area (Å²) < 4.78 is 77.4. The topological polar surface area (TPSA) is 112 Å². The zero-order chi connectivity index (χ0) is 26.8. The number of benzene rings is 2. The SMILES string of the molecule is CNC(=O)Cn1nc(-c2cccc(C3(NS(=O)(=O)CC(F)(F)F)COC3)c2)cc1Oc1ccc(C)cc1. The van der Waals surface area contributed by atoms with Gasteiger partial charge in [0.15, 0.2) is 5.75 Å². The van der Waals surface area contributed by atoms with Crippen molar-refractivity contribution in [3.8, 4) is 22.9 Å². The monoisotopic (exact) mass is 538 g/mol. The van der Waals surface area contributed by atoms with Crippen molar-refractivity contribution in [2.45, 2.75) is 25.2 Å². The van der Waals surface area contributed by atoms with E-state index in [1.54, 1.807) is 42.5 Å². The first-order valence-corrected chi connectivity index (χ1v) is 12.8. The van der Waals surface area contributed by atoms with Gasteiger partial charge in [-0.15, -0.1) is 0 Å². The molecule has 37 heavy (non-hydrogen) atoms. The Hall–Kier alpha value is -3.42. The van der Waals surface area contributed by atoms with Crippen LogP contribution in [0.15, 0.2) is 54.6 Å². The molecule has 2 heterocycles. The molecule has 0 radical (unpaired) electrons. The fraction of sp³-hybridized carbons (Fsp3) is 0.333. The first-order valence-electron chi connectivity index (χ1n) is 11.2. The first-order chi connectivity index (χ1) is 17.4. The number of alkyl halides is 3. The highest BCUT2D eigenvalue weighted by molar-refractivity contribution is 7.89. The number of halogens is 3. The maximum absolute atomic E-state index is 12.8. The van der Waals surface area contributed by atoms with Gasteiger partial charge >= 0.3 is 6.18 Å². The number of ether oxygens (including phenoxy) is 2. The quantitative estimate of drug-likeness (QED) is 0.433. The molecule has 1 fully saturated rings. The number of carbonyl (C=O) groups is 1. The highest BCUT2D eigenvalue weighted by Crippen LogP contribution is 2.35. The highest BCUT2D eigenvalue weighted by atomic mass is 32.2.